The molecular weight excluding hydrogens is 342 g/mol. The van der Waals surface area contributed by atoms with E-state index in [1.54, 1.807) is 32.0 Å². The molecule has 1 atom stereocenters. The molecule has 1 unspecified atom stereocenters. The molecule has 0 aliphatic carbocycles. The van der Waals surface area contributed by atoms with Crippen molar-refractivity contribution in [3.8, 4) is 5.75 Å². The van der Waals surface area contributed by atoms with Gasteiger partial charge in [0, 0.05) is 12.1 Å². The third-order valence-corrected chi connectivity index (χ3v) is 5.23. The van der Waals surface area contributed by atoms with Crippen LogP contribution in [0, 0.1) is 13.8 Å². The maximum absolute atomic E-state index is 12.3. The van der Waals surface area contributed by atoms with Crippen molar-refractivity contribution < 1.29 is 22.7 Å². The smallest absolute Gasteiger partial charge is 0.240 e. The van der Waals surface area contributed by atoms with Crippen LogP contribution in [-0.2, 0) is 10.0 Å². The Kier molecular flexibility index (Phi) is 6.64. The van der Waals surface area contributed by atoms with Gasteiger partial charge in [0.25, 0.3) is 0 Å². The van der Waals surface area contributed by atoms with Crippen LogP contribution >= 0.6 is 0 Å². The number of aliphatic hydroxyl groups excluding tert-OH is 1. The maximum atomic E-state index is 12.3. The van der Waals surface area contributed by atoms with Gasteiger partial charge in [0.05, 0.1) is 17.6 Å². The average molecular weight is 367 g/mol. The van der Waals surface area contributed by atoms with Crippen molar-refractivity contribution in [3.63, 3.8) is 0 Å². The zero-order chi connectivity index (χ0) is 18.4. The second-order valence-electron chi connectivity index (χ2n) is 5.89. The van der Waals surface area contributed by atoms with Crippen LogP contribution in [0.3, 0.4) is 0 Å². The third kappa shape index (κ3) is 5.32. The first kappa shape index (κ1) is 19.5. The summed E-state index contributed by atoms with van der Waals surface area (Å²) in [7, 11) is -3.62. The first-order chi connectivity index (χ1) is 11.8. The van der Waals surface area contributed by atoms with Crippen LogP contribution in [0.4, 0.5) is 0 Å². The monoisotopic (exact) mass is 367 g/mol. The molecule has 2 aromatic rings. The van der Waals surface area contributed by atoms with Crippen LogP contribution < -0.4 is 9.46 Å². The van der Waals surface area contributed by atoms with E-state index in [1.165, 1.54) is 12.1 Å². The predicted octanol–water partition coefficient (Wildman–Crippen LogP) is 3.09. The Morgan fingerprint density at radius 3 is 2.48 bits per heavy atom. The summed E-state index contributed by atoms with van der Waals surface area (Å²) < 4.78 is 37.9. The second kappa shape index (κ2) is 8.51. The van der Waals surface area contributed by atoms with E-state index in [2.05, 4.69) is 4.72 Å². The van der Waals surface area contributed by atoms with Crippen LogP contribution in [0.25, 0.3) is 0 Å². The molecule has 0 bridgehead atoms. The molecule has 0 radical (unpaired) electrons. The highest BCUT2D eigenvalue weighted by atomic mass is 32.2. The highest BCUT2D eigenvalue weighted by Gasteiger charge is 2.17. The van der Waals surface area contributed by atoms with Gasteiger partial charge in [-0.25, -0.2) is 13.1 Å². The minimum absolute atomic E-state index is 0.126. The number of ether oxygens (including phenoxy) is 1. The number of nitrogens with one attached hydrogen (secondary N) is 1. The normalized spacial score (nSPS) is 13.0. The lowest BCUT2D eigenvalue weighted by atomic mass is 10.1. The van der Waals surface area contributed by atoms with Gasteiger partial charge >= 0.3 is 0 Å². The van der Waals surface area contributed by atoms with Crippen LogP contribution in [0.2, 0.25) is 0 Å². The standard InChI is InChI=1S/C18H25NO5S/c1-4-11-23-15-5-7-16(8-6-15)25(21,22)19-10-9-18(20)17-12-13(2)24-14(17)3/h5-8,12,18-20H,4,9-11H2,1-3H3. The summed E-state index contributed by atoms with van der Waals surface area (Å²) in [5.41, 5.74) is 0.689. The molecule has 7 heteroatoms. The van der Waals surface area contributed by atoms with E-state index in [0.717, 1.165) is 12.2 Å². The van der Waals surface area contributed by atoms with Gasteiger partial charge in [-0.2, -0.15) is 0 Å². The fraction of sp³-hybridized carbons (Fsp3) is 0.444. The molecule has 0 aliphatic rings. The minimum Gasteiger partial charge on any atom is -0.494 e. The summed E-state index contributed by atoms with van der Waals surface area (Å²) in [4.78, 5) is 0.168. The van der Waals surface area contributed by atoms with E-state index in [4.69, 9.17) is 9.15 Å². The minimum atomic E-state index is -3.62. The van der Waals surface area contributed by atoms with E-state index in [1.807, 2.05) is 6.92 Å². The average Bonchev–Trinajstić information content (AvgIpc) is 2.91. The Morgan fingerprint density at radius 2 is 1.92 bits per heavy atom. The van der Waals surface area contributed by atoms with Crippen molar-refractivity contribution in [1.29, 1.82) is 0 Å². The van der Waals surface area contributed by atoms with Crippen LogP contribution in [0.5, 0.6) is 5.75 Å². The summed E-state index contributed by atoms with van der Waals surface area (Å²) >= 11 is 0. The second-order valence-corrected chi connectivity index (χ2v) is 7.66. The van der Waals surface area contributed by atoms with Crippen molar-refractivity contribution in [1.82, 2.24) is 4.72 Å². The van der Waals surface area contributed by atoms with Crippen molar-refractivity contribution in [3.05, 3.63) is 47.4 Å². The van der Waals surface area contributed by atoms with Crippen molar-refractivity contribution >= 4 is 10.0 Å². The number of sulfonamides is 1. The molecule has 1 aromatic heterocycles. The van der Waals surface area contributed by atoms with E-state index in [9.17, 15) is 13.5 Å². The van der Waals surface area contributed by atoms with Crippen molar-refractivity contribution in [2.24, 2.45) is 0 Å². The Labute approximate surface area is 148 Å². The quantitative estimate of drug-likeness (QED) is 0.711. The van der Waals surface area contributed by atoms with Gasteiger partial charge in [0.1, 0.15) is 17.3 Å². The topological polar surface area (TPSA) is 88.8 Å². The third-order valence-electron chi connectivity index (χ3n) is 3.76. The highest BCUT2D eigenvalue weighted by molar-refractivity contribution is 7.89. The molecule has 6 nitrogen and oxygen atoms in total. The highest BCUT2D eigenvalue weighted by Crippen LogP contribution is 2.24. The molecule has 0 amide bonds. The van der Waals surface area contributed by atoms with Crippen molar-refractivity contribution in [2.45, 2.75) is 44.6 Å². The number of rotatable bonds is 9. The lowest BCUT2D eigenvalue weighted by molar-refractivity contribution is 0.167. The molecule has 25 heavy (non-hydrogen) atoms. The first-order valence-electron chi connectivity index (χ1n) is 8.31. The molecule has 1 aromatic carbocycles. The largest absolute Gasteiger partial charge is 0.494 e. The Morgan fingerprint density at radius 1 is 1.24 bits per heavy atom. The van der Waals surface area contributed by atoms with Gasteiger partial charge in [0.15, 0.2) is 0 Å². The van der Waals surface area contributed by atoms with Crippen LogP contribution in [0.15, 0.2) is 39.6 Å². The van der Waals surface area contributed by atoms with Gasteiger partial charge in [-0.3, -0.25) is 0 Å². The number of hydrogen-bond acceptors (Lipinski definition) is 5. The molecule has 0 saturated carbocycles. The number of aliphatic hydroxyl groups is 1. The molecule has 0 fully saturated rings. The van der Waals surface area contributed by atoms with Crippen LogP contribution in [-0.4, -0.2) is 26.7 Å². The lowest BCUT2D eigenvalue weighted by Gasteiger charge is -2.11. The number of furan rings is 1. The van der Waals surface area contributed by atoms with Gasteiger partial charge in [-0.05, 0) is 57.0 Å². The Bertz CT molecular complexity index is 780. The van der Waals surface area contributed by atoms with E-state index >= 15 is 0 Å². The Balaban J connectivity index is 1.91. The summed E-state index contributed by atoms with van der Waals surface area (Å²) in [5, 5.41) is 10.2. The number of aryl methyl sites for hydroxylation is 2. The van der Waals surface area contributed by atoms with Crippen molar-refractivity contribution in [2.75, 3.05) is 13.2 Å². The molecule has 0 spiro atoms. The SMILES string of the molecule is CCCOc1ccc(S(=O)(=O)NCCC(O)c2cc(C)oc2C)cc1. The zero-order valence-corrected chi connectivity index (χ0v) is 15.6. The summed E-state index contributed by atoms with van der Waals surface area (Å²) in [6, 6.07) is 8.05. The molecule has 2 rings (SSSR count). The van der Waals surface area contributed by atoms with E-state index in [0.29, 0.717) is 23.7 Å². The number of benzene rings is 1. The Hall–Kier alpha value is -1.83. The fourth-order valence-corrected chi connectivity index (χ4v) is 3.53. The molecule has 0 saturated heterocycles. The molecule has 0 aliphatic heterocycles. The zero-order valence-electron chi connectivity index (χ0n) is 14.8. The first-order valence-corrected chi connectivity index (χ1v) is 9.79. The van der Waals surface area contributed by atoms with Gasteiger partial charge in [0.2, 0.25) is 10.0 Å². The van der Waals surface area contributed by atoms with E-state index in [-0.39, 0.29) is 17.9 Å². The van der Waals surface area contributed by atoms with E-state index < -0.39 is 16.1 Å². The summed E-state index contributed by atoms with van der Waals surface area (Å²) in [6.45, 7) is 6.30. The summed E-state index contributed by atoms with van der Waals surface area (Å²) in [5.74, 6) is 2.01. The predicted molar refractivity (Wildman–Crippen MR) is 95.2 cm³/mol. The maximum Gasteiger partial charge on any atom is 0.240 e. The fourth-order valence-electron chi connectivity index (χ4n) is 2.49. The molecule has 1 heterocycles. The van der Waals surface area contributed by atoms with Gasteiger partial charge < -0.3 is 14.3 Å². The van der Waals surface area contributed by atoms with Gasteiger partial charge in [-0.15, -0.1) is 0 Å². The molecular formula is C18H25NO5S. The lowest BCUT2D eigenvalue weighted by Crippen LogP contribution is -2.26. The molecule has 2 N–H and O–H groups in total. The van der Waals surface area contributed by atoms with Crippen LogP contribution in [0.1, 0.15) is 43.0 Å². The summed E-state index contributed by atoms with van der Waals surface area (Å²) in [6.07, 6.45) is 0.376. The molecule has 138 valence electrons. The number of hydrogen-bond donors (Lipinski definition) is 2. The van der Waals surface area contributed by atoms with Gasteiger partial charge in [-0.1, -0.05) is 6.92 Å².